The number of pyridine rings is 1. The van der Waals surface area contributed by atoms with Gasteiger partial charge in [-0.3, -0.25) is 19.9 Å². The number of furan rings is 1. The minimum absolute atomic E-state index is 0.0555. The van der Waals surface area contributed by atoms with E-state index < -0.39 is 4.92 Å². The van der Waals surface area contributed by atoms with Gasteiger partial charge in [-0.15, -0.1) is 0 Å². The van der Waals surface area contributed by atoms with Crippen LogP contribution >= 0.6 is 0 Å². The van der Waals surface area contributed by atoms with E-state index in [4.69, 9.17) is 8.83 Å². The number of nitro groups is 1. The van der Waals surface area contributed by atoms with Gasteiger partial charge in [-0.25, -0.2) is 4.98 Å². The molecule has 2 aromatic carbocycles. The maximum atomic E-state index is 12.4. The Hall–Kier alpha value is -5.05. The number of carbonyl (C=O) groups excluding carboxylic acids is 1. The average molecular weight is 452 g/mol. The van der Waals surface area contributed by atoms with Crippen molar-refractivity contribution in [3.63, 3.8) is 0 Å². The van der Waals surface area contributed by atoms with Crippen LogP contribution in [0.1, 0.15) is 5.76 Å². The first-order chi connectivity index (χ1) is 16.6. The third kappa shape index (κ3) is 4.30. The summed E-state index contributed by atoms with van der Waals surface area (Å²) in [5.74, 6) is 0.794. The van der Waals surface area contributed by atoms with Gasteiger partial charge in [0.1, 0.15) is 17.0 Å². The molecule has 0 saturated heterocycles. The molecule has 3 aromatic heterocycles. The van der Waals surface area contributed by atoms with Crippen molar-refractivity contribution >= 4 is 34.5 Å². The highest BCUT2D eigenvalue weighted by Crippen LogP contribution is 2.31. The van der Waals surface area contributed by atoms with Crippen LogP contribution in [0.15, 0.2) is 94.0 Å². The summed E-state index contributed by atoms with van der Waals surface area (Å²) in [4.78, 5) is 31.7. The summed E-state index contributed by atoms with van der Waals surface area (Å²) in [5, 5.41) is 14.0. The number of amides is 1. The van der Waals surface area contributed by atoms with Crippen LogP contribution in [-0.4, -0.2) is 20.8 Å². The van der Waals surface area contributed by atoms with Gasteiger partial charge in [0.2, 0.25) is 11.8 Å². The fourth-order valence-electron chi connectivity index (χ4n) is 3.39. The molecule has 0 bridgehead atoms. The largest absolute Gasteiger partial charge is 0.456 e. The van der Waals surface area contributed by atoms with Crippen LogP contribution in [0.5, 0.6) is 0 Å². The van der Waals surface area contributed by atoms with Gasteiger partial charge >= 0.3 is 0 Å². The van der Waals surface area contributed by atoms with Crippen molar-refractivity contribution in [1.29, 1.82) is 0 Å². The summed E-state index contributed by atoms with van der Waals surface area (Å²) in [7, 11) is 0. The normalized spacial score (nSPS) is 11.2. The standard InChI is InChI=1S/C25H16N4O5/c30-24(12-9-18-8-11-22(33-18)19-5-1-2-6-21(19)29(31)32)27-17-7-10-23-20(14-17)28-25(34-23)16-4-3-13-26-15-16/h1-15H,(H,27,30). The summed E-state index contributed by atoms with van der Waals surface area (Å²) in [5.41, 5.74) is 2.80. The summed E-state index contributed by atoms with van der Waals surface area (Å²) < 4.78 is 11.4. The van der Waals surface area contributed by atoms with Crippen molar-refractivity contribution in [1.82, 2.24) is 9.97 Å². The lowest BCUT2D eigenvalue weighted by atomic mass is 10.1. The molecule has 9 nitrogen and oxygen atoms in total. The maximum Gasteiger partial charge on any atom is 0.280 e. The Morgan fingerprint density at radius 3 is 2.74 bits per heavy atom. The summed E-state index contributed by atoms with van der Waals surface area (Å²) >= 11 is 0. The van der Waals surface area contributed by atoms with E-state index in [-0.39, 0.29) is 11.6 Å². The minimum Gasteiger partial charge on any atom is -0.456 e. The molecule has 1 N–H and O–H groups in total. The smallest absolute Gasteiger partial charge is 0.280 e. The Labute approximate surface area is 192 Å². The average Bonchev–Trinajstić information content (AvgIpc) is 3.50. The van der Waals surface area contributed by atoms with Gasteiger partial charge in [0.05, 0.1) is 16.1 Å². The van der Waals surface area contributed by atoms with Gasteiger partial charge in [-0.2, -0.15) is 0 Å². The van der Waals surface area contributed by atoms with E-state index in [9.17, 15) is 14.9 Å². The molecule has 0 radical (unpaired) electrons. The molecule has 5 aromatic rings. The number of nitrogens with zero attached hydrogens (tertiary/aromatic N) is 3. The van der Waals surface area contributed by atoms with E-state index in [1.165, 1.54) is 18.2 Å². The highest BCUT2D eigenvalue weighted by molar-refractivity contribution is 6.02. The van der Waals surface area contributed by atoms with E-state index in [2.05, 4.69) is 15.3 Å². The Morgan fingerprint density at radius 2 is 1.91 bits per heavy atom. The van der Waals surface area contributed by atoms with Crippen LogP contribution in [0.4, 0.5) is 11.4 Å². The number of para-hydroxylation sites is 1. The van der Waals surface area contributed by atoms with Crippen LogP contribution in [0, 0.1) is 10.1 Å². The van der Waals surface area contributed by atoms with Crippen LogP contribution < -0.4 is 5.32 Å². The number of carbonyl (C=O) groups is 1. The Balaban J connectivity index is 1.29. The van der Waals surface area contributed by atoms with E-state index in [1.807, 2.05) is 6.07 Å². The van der Waals surface area contributed by atoms with Crippen molar-refractivity contribution < 1.29 is 18.6 Å². The zero-order chi connectivity index (χ0) is 23.5. The number of anilines is 1. The van der Waals surface area contributed by atoms with E-state index >= 15 is 0 Å². The SMILES string of the molecule is O=C(C=Cc1ccc(-c2ccccc2[N+](=O)[O-])o1)Nc1ccc2oc(-c3cccnc3)nc2c1. The van der Waals surface area contributed by atoms with Crippen LogP contribution in [0.2, 0.25) is 0 Å². The predicted octanol–water partition coefficient (Wildman–Crippen LogP) is 5.71. The lowest BCUT2D eigenvalue weighted by Gasteiger charge is -2.01. The number of nitrogens with one attached hydrogen (secondary N) is 1. The molecule has 0 atom stereocenters. The summed E-state index contributed by atoms with van der Waals surface area (Å²) in [6.07, 6.45) is 6.13. The highest BCUT2D eigenvalue weighted by atomic mass is 16.6. The lowest BCUT2D eigenvalue weighted by Crippen LogP contribution is -2.07. The first-order valence-electron chi connectivity index (χ1n) is 10.2. The molecule has 0 spiro atoms. The van der Waals surface area contributed by atoms with Crippen molar-refractivity contribution in [3.8, 4) is 22.8 Å². The molecular weight excluding hydrogens is 436 g/mol. The zero-order valence-corrected chi connectivity index (χ0v) is 17.5. The molecule has 0 unspecified atom stereocenters. The molecule has 5 rings (SSSR count). The van der Waals surface area contributed by atoms with E-state index in [1.54, 1.807) is 67.0 Å². The molecule has 3 heterocycles. The fraction of sp³-hybridized carbons (Fsp3) is 0. The number of oxazole rings is 1. The number of hydrogen-bond acceptors (Lipinski definition) is 7. The van der Waals surface area contributed by atoms with E-state index in [0.29, 0.717) is 39.8 Å². The Morgan fingerprint density at radius 1 is 1.03 bits per heavy atom. The zero-order valence-electron chi connectivity index (χ0n) is 17.5. The molecule has 1 amide bonds. The minimum atomic E-state index is -0.466. The first kappa shape index (κ1) is 20.8. The second-order valence-electron chi connectivity index (χ2n) is 7.24. The number of fused-ring (bicyclic) bond motifs is 1. The second kappa shape index (κ2) is 8.83. The molecule has 166 valence electrons. The molecule has 0 aliphatic carbocycles. The quantitative estimate of drug-likeness (QED) is 0.199. The van der Waals surface area contributed by atoms with Gasteiger partial charge in [-0.05, 0) is 54.6 Å². The number of rotatable bonds is 6. The van der Waals surface area contributed by atoms with Gasteiger partial charge in [0, 0.05) is 30.2 Å². The maximum absolute atomic E-state index is 12.4. The number of benzene rings is 2. The molecule has 0 fully saturated rings. The van der Waals surface area contributed by atoms with Crippen molar-refractivity contribution in [2.45, 2.75) is 0 Å². The van der Waals surface area contributed by atoms with Crippen LogP contribution in [0.25, 0.3) is 40.0 Å². The number of aromatic nitrogens is 2. The van der Waals surface area contributed by atoms with Gasteiger partial charge in [-0.1, -0.05) is 12.1 Å². The third-order valence-corrected chi connectivity index (χ3v) is 4.96. The molecule has 34 heavy (non-hydrogen) atoms. The van der Waals surface area contributed by atoms with Gasteiger partial charge < -0.3 is 14.2 Å². The number of nitro benzene ring substituents is 1. The lowest BCUT2D eigenvalue weighted by molar-refractivity contribution is -0.384. The van der Waals surface area contributed by atoms with Crippen LogP contribution in [-0.2, 0) is 4.79 Å². The second-order valence-corrected chi connectivity index (χ2v) is 7.24. The van der Waals surface area contributed by atoms with Gasteiger partial charge in [0.25, 0.3) is 5.69 Å². The molecular formula is C25H16N4O5. The first-order valence-corrected chi connectivity index (χ1v) is 10.2. The summed E-state index contributed by atoms with van der Waals surface area (Å²) in [6, 6.07) is 18.4. The van der Waals surface area contributed by atoms with Crippen molar-refractivity contribution in [2.75, 3.05) is 5.32 Å². The van der Waals surface area contributed by atoms with Crippen molar-refractivity contribution in [2.24, 2.45) is 0 Å². The predicted molar refractivity (Wildman–Crippen MR) is 126 cm³/mol. The van der Waals surface area contributed by atoms with Crippen molar-refractivity contribution in [3.05, 3.63) is 101 Å². The molecule has 9 heteroatoms. The molecule has 0 saturated carbocycles. The fourth-order valence-corrected chi connectivity index (χ4v) is 3.39. The van der Waals surface area contributed by atoms with Crippen LogP contribution in [0.3, 0.4) is 0 Å². The summed E-state index contributed by atoms with van der Waals surface area (Å²) in [6.45, 7) is 0. The number of hydrogen-bond donors (Lipinski definition) is 1. The molecule has 0 aliphatic rings. The van der Waals surface area contributed by atoms with Gasteiger partial charge in [0.15, 0.2) is 5.58 Å². The monoisotopic (exact) mass is 452 g/mol. The third-order valence-electron chi connectivity index (χ3n) is 4.96. The molecule has 0 aliphatic heterocycles. The highest BCUT2D eigenvalue weighted by Gasteiger charge is 2.16. The Kier molecular flexibility index (Phi) is 5.41. The Bertz CT molecular complexity index is 1540. The topological polar surface area (TPSA) is 124 Å². The van der Waals surface area contributed by atoms with E-state index in [0.717, 1.165) is 5.56 Å².